The fraction of sp³-hybridized carbons (Fsp3) is 0.429. The molecule has 0 radical (unpaired) electrons. The summed E-state index contributed by atoms with van der Waals surface area (Å²) in [7, 11) is 0. The number of amides is 2. The van der Waals surface area contributed by atoms with E-state index in [9.17, 15) is 9.59 Å². The van der Waals surface area contributed by atoms with Crippen molar-refractivity contribution in [3.63, 3.8) is 0 Å². The van der Waals surface area contributed by atoms with Gasteiger partial charge in [0.25, 0.3) is 0 Å². The third-order valence-electron chi connectivity index (χ3n) is 3.11. The number of carbonyl (C=O) groups excluding carboxylic acids is 1. The van der Waals surface area contributed by atoms with Crippen molar-refractivity contribution in [3.8, 4) is 5.75 Å². The molecule has 0 aliphatic carbocycles. The van der Waals surface area contributed by atoms with Gasteiger partial charge in [0.05, 0.1) is 25.8 Å². The molecule has 1 aliphatic rings. The van der Waals surface area contributed by atoms with Gasteiger partial charge in [-0.25, -0.2) is 4.79 Å². The molecule has 2 amide bonds. The molecule has 0 aromatic heterocycles. The Morgan fingerprint density at radius 1 is 1.29 bits per heavy atom. The maximum Gasteiger partial charge on any atom is 0.315 e. The van der Waals surface area contributed by atoms with Crippen molar-refractivity contribution in [2.45, 2.75) is 6.04 Å². The molecule has 21 heavy (non-hydrogen) atoms. The highest BCUT2D eigenvalue weighted by atomic mass is 16.5. The summed E-state index contributed by atoms with van der Waals surface area (Å²) < 4.78 is 10.5. The van der Waals surface area contributed by atoms with E-state index in [2.05, 4.69) is 10.6 Å². The number of rotatable bonds is 6. The fourth-order valence-corrected chi connectivity index (χ4v) is 2.01. The maximum absolute atomic E-state index is 11.7. The minimum absolute atomic E-state index is 0.122. The molecule has 1 saturated heterocycles. The van der Waals surface area contributed by atoms with E-state index in [0.29, 0.717) is 13.2 Å². The van der Waals surface area contributed by atoms with Crippen LogP contribution >= 0.6 is 0 Å². The van der Waals surface area contributed by atoms with Gasteiger partial charge in [-0.2, -0.15) is 0 Å². The lowest BCUT2D eigenvalue weighted by molar-refractivity contribution is -0.142. The Morgan fingerprint density at radius 3 is 2.76 bits per heavy atom. The Morgan fingerprint density at radius 2 is 2.05 bits per heavy atom. The van der Waals surface area contributed by atoms with Gasteiger partial charge in [-0.1, -0.05) is 18.2 Å². The zero-order valence-corrected chi connectivity index (χ0v) is 11.5. The highest BCUT2D eigenvalue weighted by Crippen LogP contribution is 2.13. The van der Waals surface area contributed by atoms with Gasteiger partial charge in [-0.15, -0.1) is 0 Å². The second-order valence-corrected chi connectivity index (χ2v) is 4.65. The first kappa shape index (κ1) is 15.1. The smallest absolute Gasteiger partial charge is 0.315 e. The third-order valence-corrected chi connectivity index (χ3v) is 3.11. The number of carboxylic acid groups (broad SMARTS) is 1. The number of hydrogen-bond donors (Lipinski definition) is 3. The first-order valence-electron chi connectivity index (χ1n) is 6.69. The van der Waals surface area contributed by atoms with Gasteiger partial charge in [0.15, 0.2) is 0 Å². The van der Waals surface area contributed by atoms with Crippen LogP contribution in [0.3, 0.4) is 0 Å². The molecule has 1 aliphatic heterocycles. The van der Waals surface area contributed by atoms with Crippen molar-refractivity contribution < 1.29 is 24.2 Å². The monoisotopic (exact) mass is 294 g/mol. The molecule has 2 atom stereocenters. The molecule has 2 unspecified atom stereocenters. The van der Waals surface area contributed by atoms with Crippen LogP contribution in [0.2, 0.25) is 0 Å². The van der Waals surface area contributed by atoms with Crippen LogP contribution in [-0.2, 0) is 9.53 Å². The number of carbonyl (C=O) groups is 2. The van der Waals surface area contributed by atoms with E-state index in [-0.39, 0.29) is 13.2 Å². The van der Waals surface area contributed by atoms with Crippen molar-refractivity contribution in [1.29, 1.82) is 0 Å². The van der Waals surface area contributed by atoms with Crippen LogP contribution in [0.25, 0.3) is 0 Å². The number of hydrogen-bond acceptors (Lipinski definition) is 4. The minimum atomic E-state index is -0.967. The Balaban J connectivity index is 1.65. The first-order chi connectivity index (χ1) is 10.2. The quantitative estimate of drug-likeness (QED) is 0.662. The number of nitrogens with one attached hydrogen (secondary N) is 2. The van der Waals surface area contributed by atoms with Crippen LogP contribution in [0.5, 0.6) is 5.75 Å². The first-order valence-corrected chi connectivity index (χ1v) is 6.69. The van der Waals surface area contributed by atoms with Crippen LogP contribution in [0.4, 0.5) is 4.79 Å². The van der Waals surface area contributed by atoms with E-state index in [1.807, 2.05) is 30.3 Å². The minimum Gasteiger partial charge on any atom is -0.492 e. The van der Waals surface area contributed by atoms with E-state index in [0.717, 1.165) is 5.75 Å². The summed E-state index contributed by atoms with van der Waals surface area (Å²) in [4.78, 5) is 22.6. The van der Waals surface area contributed by atoms with Gasteiger partial charge in [0, 0.05) is 0 Å². The molecular weight excluding hydrogens is 276 g/mol. The molecule has 3 N–H and O–H groups in total. The van der Waals surface area contributed by atoms with Crippen molar-refractivity contribution in [3.05, 3.63) is 30.3 Å². The second kappa shape index (κ2) is 7.49. The molecule has 7 nitrogen and oxygen atoms in total. The fourth-order valence-electron chi connectivity index (χ4n) is 2.01. The summed E-state index contributed by atoms with van der Waals surface area (Å²) in [6.45, 7) is 0.995. The summed E-state index contributed by atoms with van der Waals surface area (Å²) in [5.74, 6) is -0.934. The van der Waals surface area contributed by atoms with Gasteiger partial charge in [0.1, 0.15) is 18.3 Å². The van der Waals surface area contributed by atoms with Crippen LogP contribution in [-0.4, -0.2) is 49.5 Å². The lowest BCUT2D eigenvalue weighted by Crippen LogP contribution is -2.47. The Labute approximate surface area is 122 Å². The van der Waals surface area contributed by atoms with Gasteiger partial charge < -0.3 is 25.2 Å². The summed E-state index contributed by atoms with van der Waals surface area (Å²) in [6, 6.07) is 8.34. The molecule has 0 saturated carbocycles. The van der Waals surface area contributed by atoms with E-state index < -0.39 is 24.0 Å². The van der Waals surface area contributed by atoms with Crippen LogP contribution in [0.1, 0.15) is 0 Å². The maximum atomic E-state index is 11.7. The number of aliphatic carboxylic acids is 1. The SMILES string of the molecule is O=C(NCCOc1ccccc1)NC1COCC1C(=O)O. The van der Waals surface area contributed by atoms with E-state index >= 15 is 0 Å². The zero-order chi connectivity index (χ0) is 15.1. The summed E-state index contributed by atoms with van der Waals surface area (Å²) in [5.41, 5.74) is 0. The molecule has 0 bridgehead atoms. The van der Waals surface area contributed by atoms with Crippen molar-refractivity contribution >= 4 is 12.0 Å². The highest BCUT2D eigenvalue weighted by molar-refractivity contribution is 5.77. The van der Waals surface area contributed by atoms with E-state index in [1.165, 1.54) is 0 Å². The lowest BCUT2D eigenvalue weighted by atomic mass is 10.0. The molecule has 1 aromatic rings. The predicted octanol–water partition coefficient (Wildman–Crippen LogP) is 0.464. The number of ether oxygens (including phenoxy) is 2. The van der Waals surface area contributed by atoms with Crippen molar-refractivity contribution in [1.82, 2.24) is 10.6 Å². The molecule has 7 heteroatoms. The van der Waals surface area contributed by atoms with Gasteiger partial charge in [0.2, 0.25) is 0 Å². The van der Waals surface area contributed by atoms with Gasteiger partial charge in [-0.3, -0.25) is 4.79 Å². The number of benzene rings is 1. The lowest BCUT2D eigenvalue weighted by Gasteiger charge is -2.16. The Kier molecular flexibility index (Phi) is 5.39. The summed E-state index contributed by atoms with van der Waals surface area (Å²) >= 11 is 0. The molecule has 1 aromatic carbocycles. The molecule has 0 spiro atoms. The van der Waals surface area contributed by atoms with E-state index in [4.69, 9.17) is 14.6 Å². The second-order valence-electron chi connectivity index (χ2n) is 4.65. The van der Waals surface area contributed by atoms with Crippen LogP contribution in [0, 0.1) is 5.92 Å². The average Bonchev–Trinajstić information content (AvgIpc) is 2.93. The Hall–Kier alpha value is -2.28. The zero-order valence-electron chi connectivity index (χ0n) is 11.5. The highest BCUT2D eigenvalue weighted by Gasteiger charge is 2.34. The van der Waals surface area contributed by atoms with Crippen molar-refractivity contribution in [2.75, 3.05) is 26.4 Å². The van der Waals surface area contributed by atoms with Crippen molar-refractivity contribution in [2.24, 2.45) is 5.92 Å². The molecule has 2 rings (SSSR count). The number of carboxylic acids is 1. The molecule has 1 fully saturated rings. The summed E-state index contributed by atoms with van der Waals surface area (Å²) in [6.07, 6.45) is 0. The average molecular weight is 294 g/mol. The van der Waals surface area contributed by atoms with Gasteiger partial charge >= 0.3 is 12.0 Å². The normalized spacial score (nSPS) is 20.8. The molecule has 1 heterocycles. The third kappa shape index (κ3) is 4.64. The molecule has 114 valence electrons. The standard InChI is InChI=1S/C14H18N2O5/c17-13(18)11-8-20-9-12(11)16-14(19)15-6-7-21-10-4-2-1-3-5-10/h1-5,11-12H,6-9H2,(H,17,18)(H2,15,16,19). The Bertz CT molecular complexity index is 480. The predicted molar refractivity (Wildman–Crippen MR) is 74.2 cm³/mol. The summed E-state index contributed by atoms with van der Waals surface area (Å²) in [5, 5.41) is 14.2. The van der Waals surface area contributed by atoms with Crippen LogP contribution in [0.15, 0.2) is 30.3 Å². The topological polar surface area (TPSA) is 96.9 Å². The van der Waals surface area contributed by atoms with Gasteiger partial charge in [-0.05, 0) is 12.1 Å². The number of urea groups is 1. The molecular formula is C14H18N2O5. The van der Waals surface area contributed by atoms with E-state index in [1.54, 1.807) is 0 Å². The van der Waals surface area contributed by atoms with Crippen LogP contribution < -0.4 is 15.4 Å². The number of para-hydroxylation sites is 1. The largest absolute Gasteiger partial charge is 0.492 e.